The summed E-state index contributed by atoms with van der Waals surface area (Å²) in [5, 5.41) is 0.623. The number of hydrogen-bond donors (Lipinski definition) is 0. The molecule has 5 heteroatoms. The van der Waals surface area contributed by atoms with Gasteiger partial charge in [0.15, 0.2) is 0 Å². The molecular formula is C12H17ClO4. The monoisotopic (exact) mass is 260 g/mol. The molecule has 0 aliphatic carbocycles. The van der Waals surface area contributed by atoms with Crippen LogP contribution in [0.1, 0.15) is 5.56 Å². The Kier molecular flexibility index (Phi) is 5.21. The zero-order valence-corrected chi connectivity index (χ0v) is 11.2. The summed E-state index contributed by atoms with van der Waals surface area (Å²) in [5.41, 5.74) is 0.852. The number of ether oxygens (including phenoxy) is 4. The molecule has 1 aromatic rings. The number of benzene rings is 1. The van der Waals surface area contributed by atoms with Crippen LogP contribution in [0, 0.1) is 0 Å². The molecule has 0 aliphatic heterocycles. The fourth-order valence-electron chi connectivity index (χ4n) is 1.59. The highest BCUT2D eigenvalue weighted by atomic mass is 35.5. The zero-order valence-electron chi connectivity index (χ0n) is 10.5. The Morgan fingerprint density at radius 2 is 1.65 bits per heavy atom. The van der Waals surface area contributed by atoms with Gasteiger partial charge in [-0.15, -0.1) is 0 Å². The van der Waals surface area contributed by atoms with Crippen molar-refractivity contribution in [1.29, 1.82) is 0 Å². The second kappa shape index (κ2) is 6.21. The summed E-state index contributed by atoms with van der Waals surface area (Å²) in [6, 6.07) is 5.35. The lowest BCUT2D eigenvalue weighted by atomic mass is 10.1. The molecule has 0 aliphatic rings. The summed E-state index contributed by atoms with van der Waals surface area (Å²) >= 11 is 5.95. The summed E-state index contributed by atoms with van der Waals surface area (Å²) in [5.74, 6) is -0.414. The SMILES string of the molecule is COc1ccc(Cl)cc1CC(OC)(OC)OC. The van der Waals surface area contributed by atoms with Gasteiger partial charge in [-0.1, -0.05) is 11.6 Å². The number of hydrogen-bond acceptors (Lipinski definition) is 4. The Hall–Kier alpha value is -0.810. The third kappa shape index (κ3) is 3.33. The number of rotatable bonds is 6. The van der Waals surface area contributed by atoms with Gasteiger partial charge in [0.05, 0.1) is 13.5 Å². The lowest BCUT2D eigenvalue weighted by Crippen LogP contribution is -2.38. The summed E-state index contributed by atoms with van der Waals surface area (Å²) in [4.78, 5) is 0. The largest absolute Gasteiger partial charge is 0.496 e. The van der Waals surface area contributed by atoms with Crippen molar-refractivity contribution in [3.63, 3.8) is 0 Å². The van der Waals surface area contributed by atoms with E-state index in [0.717, 1.165) is 5.56 Å². The van der Waals surface area contributed by atoms with Crippen LogP contribution in [0.2, 0.25) is 5.02 Å². The molecule has 96 valence electrons. The van der Waals surface area contributed by atoms with E-state index in [1.54, 1.807) is 25.3 Å². The van der Waals surface area contributed by atoms with Gasteiger partial charge in [-0.25, -0.2) is 0 Å². The van der Waals surface area contributed by atoms with E-state index in [9.17, 15) is 0 Å². The van der Waals surface area contributed by atoms with Gasteiger partial charge in [0.25, 0.3) is 5.97 Å². The lowest BCUT2D eigenvalue weighted by molar-refractivity contribution is -0.351. The molecule has 0 saturated carbocycles. The normalized spacial score (nSPS) is 11.6. The molecule has 0 N–H and O–H groups in total. The predicted octanol–water partition coefficient (Wildman–Crippen LogP) is 2.48. The van der Waals surface area contributed by atoms with Gasteiger partial charge in [-0.2, -0.15) is 0 Å². The Labute approximate surface area is 106 Å². The van der Waals surface area contributed by atoms with Crippen LogP contribution in [0.25, 0.3) is 0 Å². The van der Waals surface area contributed by atoms with E-state index in [2.05, 4.69) is 0 Å². The van der Waals surface area contributed by atoms with Crippen LogP contribution in [0.4, 0.5) is 0 Å². The standard InChI is InChI=1S/C12H17ClO4/c1-14-11-6-5-10(13)7-9(11)8-12(15-2,16-3)17-4/h5-7H,8H2,1-4H3. The van der Waals surface area contributed by atoms with Crippen LogP contribution in [0.15, 0.2) is 18.2 Å². The molecule has 0 radical (unpaired) electrons. The van der Waals surface area contributed by atoms with E-state index < -0.39 is 5.97 Å². The molecule has 0 saturated heterocycles. The molecule has 1 rings (SSSR count). The summed E-state index contributed by atoms with van der Waals surface area (Å²) in [6.07, 6.45) is 0.375. The minimum Gasteiger partial charge on any atom is -0.496 e. The second-order valence-electron chi connectivity index (χ2n) is 3.43. The smallest absolute Gasteiger partial charge is 0.286 e. The van der Waals surface area contributed by atoms with Gasteiger partial charge in [0.2, 0.25) is 0 Å². The van der Waals surface area contributed by atoms with Gasteiger partial charge >= 0.3 is 0 Å². The highest BCUT2D eigenvalue weighted by molar-refractivity contribution is 6.30. The van der Waals surface area contributed by atoms with Crippen molar-refractivity contribution in [2.45, 2.75) is 12.4 Å². The van der Waals surface area contributed by atoms with E-state index in [-0.39, 0.29) is 0 Å². The summed E-state index contributed by atoms with van der Waals surface area (Å²) in [7, 11) is 6.15. The maximum absolute atomic E-state index is 5.95. The third-order valence-electron chi connectivity index (χ3n) is 2.58. The van der Waals surface area contributed by atoms with Crippen LogP contribution in [0.5, 0.6) is 5.75 Å². The highest BCUT2D eigenvalue weighted by Gasteiger charge is 2.31. The Balaban J connectivity index is 3.03. The molecule has 0 atom stereocenters. The van der Waals surface area contributed by atoms with E-state index in [4.69, 9.17) is 30.5 Å². The van der Waals surface area contributed by atoms with Gasteiger partial charge in [-0.3, -0.25) is 0 Å². The average Bonchev–Trinajstić information content (AvgIpc) is 2.36. The first kappa shape index (κ1) is 14.3. The number of halogens is 1. The third-order valence-corrected chi connectivity index (χ3v) is 2.82. The quantitative estimate of drug-likeness (QED) is 0.737. The van der Waals surface area contributed by atoms with Crippen LogP contribution in [0.3, 0.4) is 0 Å². The molecule has 0 fully saturated rings. The van der Waals surface area contributed by atoms with Crippen molar-refractivity contribution in [2.24, 2.45) is 0 Å². The van der Waals surface area contributed by atoms with Gasteiger partial charge < -0.3 is 18.9 Å². The van der Waals surface area contributed by atoms with Crippen LogP contribution >= 0.6 is 11.6 Å². The van der Waals surface area contributed by atoms with E-state index in [1.807, 2.05) is 0 Å². The first-order chi connectivity index (χ1) is 8.10. The topological polar surface area (TPSA) is 36.9 Å². The van der Waals surface area contributed by atoms with Crippen LogP contribution in [-0.2, 0) is 20.6 Å². The molecule has 0 amide bonds. The lowest BCUT2D eigenvalue weighted by Gasteiger charge is -2.29. The molecule has 0 spiro atoms. The second-order valence-corrected chi connectivity index (χ2v) is 3.86. The van der Waals surface area contributed by atoms with E-state index in [1.165, 1.54) is 21.3 Å². The Morgan fingerprint density at radius 1 is 1.06 bits per heavy atom. The van der Waals surface area contributed by atoms with Crippen molar-refractivity contribution in [3.8, 4) is 5.75 Å². The Bertz CT molecular complexity index is 355. The van der Waals surface area contributed by atoms with Crippen molar-refractivity contribution in [1.82, 2.24) is 0 Å². The first-order valence-electron chi connectivity index (χ1n) is 5.08. The Morgan fingerprint density at radius 3 is 2.12 bits per heavy atom. The molecule has 1 aromatic carbocycles. The molecule has 4 nitrogen and oxygen atoms in total. The van der Waals surface area contributed by atoms with Gasteiger partial charge in [0.1, 0.15) is 5.75 Å². The summed E-state index contributed by atoms with van der Waals surface area (Å²) < 4.78 is 21.0. The van der Waals surface area contributed by atoms with Crippen LogP contribution in [-0.4, -0.2) is 34.4 Å². The maximum Gasteiger partial charge on any atom is 0.286 e. The van der Waals surface area contributed by atoms with Crippen LogP contribution < -0.4 is 4.74 Å². The van der Waals surface area contributed by atoms with Crippen molar-refractivity contribution in [3.05, 3.63) is 28.8 Å². The molecule has 17 heavy (non-hydrogen) atoms. The van der Waals surface area contributed by atoms with E-state index >= 15 is 0 Å². The maximum atomic E-state index is 5.95. The van der Waals surface area contributed by atoms with E-state index in [0.29, 0.717) is 17.2 Å². The summed E-state index contributed by atoms with van der Waals surface area (Å²) in [6.45, 7) is 0. The molecule has 0 aromatic heterocycles. The van der Waals surface area contributed by atoms with Crippen molar-refractivity contribution < 1.29 is 18.9 Å². The van der Waals surface area contributed by atoms with Crippen molar-refractivity contribution in [2.75, 3.05) is 28.4 Å². The predicted molar refractivity (Wildman–Crippen MR) is 65.5 cm³/mol. The fourth-order valence-corrected chi connectivity index (χ4v) is 1.78. The highest BCUT2D eigenvalue weighted by Crippen LogP contribution is 2.28. The zero-order chi connectivity index (χ0) is 12.9. The minimum absolute atomic E-state index is 0.375. The first-order valence-corrected chi connectivity index (χ1v) is 5.46. The molecule has 0 bridgehead atoms. The van der Waals surface area contributed by atoms with Gasteiger partial charge in [0, 0.05) is 31.9 Å². The number of methoxy groups -OCH3 is 4. The fraction of sp³-hybridized carbons (Fsp3) is 0.500. The molecular weight excluding hydrogens is 244 g/mol. The average molecular weight is 261 g/mol. The molecule has 0 unspecified atom stereocenters. The van der Waals surface area contributed by atoms with Gasteiger partial charge in [-0.05, 0) is 18.2 Å². The molecule has 0 heterocycles. The van der Waals surface area contributed by atoms with Crippen molar-refractivity contribution >= 4 is 11.6 Å². The minimum atomic E-state index is -1.13.